The summed E-state index contributed by atoms with van der Waals surface area (Å²) >= 11 is 0. The number of ether oxygens (including phenoxy) is 2. The Morgan fingerprint density at radius 1 is 1.35 bits per heavy atom. The molecule has 0 bridgehead atoms. The smallest absolute Gasteiger partial charge is 0.333 e. The lowest BCUT2D eigenvalue weighted by Gasteiger charge is -2.34. The predicted molar refractivity (Wildman–Crippen MR) is 84.7 cm³/mol. The van der Waals surface area contributed by atoms with Crippen LogP contribution < -0.4 is 9.46 Å². The van der Waals surface area contributed by atoms with Gasteiger partial charge >= 0.3 is 10.3 Å². The van der Waals surface area contributed by atoms with Gasteiger partial charge in [-0.2, -0.15) is 13.1 Å². The maximum atomic E-state index is 10.8. The Kier molecular flexibility index (Phi) is 4.88. The van der Waals surface area contributed by atoms with Gasteiger partial charge in [0.1, 0.15) is 5.75 Å². The first-order valence-electron chi connectivity index (χ1n) is 7.81. The van der Waals surface area contributed by atoms with Crippen molar-refractivity contribution >= 4 is 10.3 Å². The Labute approximate surface area is 136 Å². The van der Waals surface area contributed by atoms with Crippen LogP contribution in [0.25, 0.3) is 0 Å². The van der Waals surface area contributed by atoms with Gasteiger partial charge in [-0.25, -0.2) is 0 Å². The van der Waals surface area contributed by atoms with Gasteiger partial charge < -0.3 is 9.47 Å². The molecule has 2 unspecified atom stereocenters. The normalized spacial score (nSPS) is 25.1. The maximum Gasteiger partial charge on any atom is 0.333 e. The molecular formula is C15H22N2O5S. The third kappa shape index (κ3) is 3.84. The fourth-order valence-corrected chi connectivity index (χ4v) is 3.58. The van der Waals surface area contributed by atoms with Crippen LogP contribution in [0.5, 0.6) is 5.75 Å². The van der Waals surface area contributed by atoms with Crippen LogP contribution in [0, 0.1) is 0 Å². The Morgan fingerprint density at radius 2 is 2.09 bits per heavy atom. The van der Waals surface area contributed by atoms with Crippen LogP contribution in [-0.2, 0) is 21.6 Å². The van der Waals surface area contributed by atoms with Crippen molar-refractivity contribution in [1.82, 2.24) is 9.62 Å². The van der Waals surface area contributed by atoms with E-state index in [9.17, 15) is 8.42 Å². The molecule has 0 aliphatic carbocycles. The number of benzene rings is 1. The molecule has 23 heavy (non-hydrogen) atoms. The molecule has 0 spiro atoms. The third-order valence-electron chi connectivity index (χ3n) is 4.37. The third-order valence-corrected chi connectivity index (χ3v) is 4.88. The van der Waals surface area contributed by atoms with Gasteiger partial charge in [-0.1, -0.05) is 19.1 Å². The van der Waals surface area contributed by atoms with E-state index in [2.05, 4.69) is 16.5 Å². The van der Waals surface area contributed by atoms with Crippen molar-refractivity contribution in [2.75, 3.05) is 26.3 Å². The van der Waals surface area contributed by atoms with E-state index < -0.39 is 10.3 Å². The second-order valence-corrected chi connectivity index (χ2v) is 7.08. The highest BCUT2D eigenvalue weighted by Gasteiger charge is 2.37. The van der Waals surface area contributed by atoms with E-state index in [0.29, 0.717) is 0 Å². The Hall–Kier alpha value is -1.19. The summed E-state index contributed by atoms with van der Waals surface area (Å²) in [5.41, 5.74) is 1.89. The molecular weight excluding hydrogens is 320 g/mol. The van der Waals surface area contributed by atoms with Gasteiger partial charge in [0, 0.05) is 31.1 Å². The van der Waals surface area contributed by atoms with Gasteiger partial charge in [0.15, 0.2) is 6.23 Å². The lowest BCUT2D eigenvalue weighted by Crippen LogP contribution is -2.47. The molecule has 8 heteroatoms. The molecule has 0 amide bonds. The van der Waals surface area contributed by atoms with Gasteiger partial charge in [0.2, 0.25) is 0 Å². The summed E-state index contributed by atoms with van der Waals surface area (Å²) < 4.78 is 44.1. The highest BCUT2D eigenvalue weighted by Crippen LogP contribution is 2.42. The minimum absolute atomic E-state index is 0.00341. The van der Waals surface area contributed by atoms with E-state index in [1.54, 1.807) is 0 Å². The summed E-state index contributed by atoms with van der Waals surface area (Å²) in [6.07, 6.45) is 0.938. The molecule has 1 aromatic rings. The lowest BCUT2D eigenvalue weighted by atomic mass is 9.94. The van der Waals surface area contributed by atoms with Crippen LogP contribution in [0.3, 0.4) is 0 Å². The van der Waals surface area contributed by atoms with Crippen molar-refractivity contribution in [3.05, 3.63) is 29.3 Å². The minimum Gasteiger partial charge on any atom is -0.474 e. The fourth-order valence-electron chi connectivity index (χ4n) is 3.23. The van der Waals surface area contributed by atoms with Crippen molar-refractivity contribution in [2.24, 2.45) is 0 Å². The Morgan fingerprint density at radius 3 is 2.74 bits per heavy atom. The molecule has 2 aliphatic rings. The van der Waals surface area contributed by atoms with Crippen LogP contribution >= 0.6 is 0 Å². The molecule has 2 heterocycles. The van der Waals surface area contributed by atoms with Crippen LogP contribution in [0.15, 0.2) is 18.2 Å². The standard InChI is InChI=1S/C15H22N2O5S/c1-2-12-13-9-11(10-16-23(18,19)20)3-4-14(13)22-15(12)17-5-7-21-8-6-17/h3-4,9,12,15-16H,2,5-8,10H2,1H3,(H,18,19,20). The first kappa shape index (κ1) is 16.7. The van der Waals surface area contributed by atoms with E-state index in [1.807, 2.05) is 18.2 Å². The molecule has 2 atom stereocenters. The molecule has 128 valence electrons. The van der Waals surface area contributed by atoms with Gasteiger partial charge in [-0.15, -0.1) is 0 Å². The second-order valence-electron chi connectivity index (χ2n) is 5.84. The van der Waals surface area contributed by atoms with Gasteiger partial charge in [-0.3, -0.25) is 9.45 Å². The first-order chi connectivity index (χ1) is 11.0. The molecule has 2 N–H and O–H groups in total. The number of nitrogens with one attached hydrogen (secondary N) is 1. The highest BCUT2D eigenvalue weighted by atomic mass is 32.2. The molecule has 1 saturated heterocycles. The Bertz CT molecular complexity index is 658. The molecule has 2 aliphatic heterocycles. The van der Waals surface area contributed by atoms with E-state index in [4.69, 9.17) is 14.0 Å². The maximum absolute atomic E-state index is 10.8. The van der Waals surface area contributed by atoms with E-state index >= 15 is 0 Å². The number of hydrogen-bond acceptors (Lipinski definition) is 5. The summed E-state index contributed by atoms with van der Waals surface area (Å²) in [4.78, 5) is 2.30. The molecule has 0 aromatic heterocycles. The van der Waals surface area contributed by atoms with Crippen molar-refractivity contribution in [3.63, 3.8) is 0 Å². The number of fused-ring (bicyclic) bond motifs is 1. The van der Waals surface area contributed by atoms with E-state index in [1.165, 1.54) is 0 Å². The SMILES string of the molecule is CCC1c2cc(CNS(=O)(=O)O)ccc2OC1N1CCOCC1. The van der Waals surface area contributed by atoms with Crippen molar-refractivity contribution < 1.29 is 22.4 Å². The number of morpholine rings is 1. The van der Waals surface area contributed by atoms with Crippen molar-refractivity contribution in [1.29, 1.82) is 0 Å². The monoisotopic (exact) mass is 342 g/mol. The quantitative estimate of drug-likeness (QED) is 0.780. The van der Waals surface area contributed by atoms with Crippen molar-refractivity contribution in [2.45, 2.75) is 32.0 Å². The average Bonchev–Trinajstić information content (AvgIpc) is 2.91. The summed E-state index contributed by atoms with van der Waals surface area (Å²) in [6, 6.07) is 5.65. The number of hydrogen-bond donors (Lipinski definition) is 2. The largest absolute Gasteiger partial charge is 0.474 e. The minimum atomic E-state index is -4.19. The molecule has 0 radical (unpaired) electrons. The van der Waals surface area contributed by atoms with Crippen LogP contribution in [0.2, 0.25) is 0 Å². The summed E-state index contributed by atoms with van der Waals surface area (Å²) in [6.45, 7) is 5.33. The van der Waals surface area contributed by atoms with Crippen molar-refractivity contribution in [3.8, 4) is 5.75 Å². The first-order valence-corrected chi connectivity index (χ1v) is 9.25. The Balaban J connectivity index is 1.78. The average molecular weight is 342 g/mol. The molecule has 1 fully saturated rings. The van der Waals surface area contributed by atoms with Crippen LogP contribution in [0.1, 0.15) is 30.4 Å². The molecule has 7 nitrogen and oxygen atoms in total. The number of nitrogens with zero attached hydrogens (tertiary/aromatic N) is 1. The fraction of sp³-hybridized carbons (Fsp3) is 0.600. The van der Waals surface area contributed by atoms with Gasteiger partial charge in [0.05, 0.1) is 13.2 Å². The summed E-state index contributed by atoms with van der Waals surface area (Å²) in [7, 11) is -4.19. The van der Waals surface area contributed by atoms with Gasteiger partial charge in [0.25, 0.3) is 0 Å². The number of rotatable bonds is 5. The zero-order valence-corrected chi connectivity index (χ0v) is 13.9. The molecule has 3 rings (SSSR count). The lowest BCUT2D eigenvalue weighted by molar-refractivity contribution is -0.0468. The highest BCUT2D eigenvalue weighted by molar-refractivity contribution is 7.83. The van der Waals surface area contributed by atoms with Crippen LogP contribution in [0.4, 0.5) is 0 Å². The molecule has 0 saturated carbocycles. The molecule has 1 aromatic carbocycles. The second kappa shape index (κ2) is 6.74. The van der Waals surface area contributed by atoms with Gasteiger partial charge in [-0.05, 0) is 18.1 Å². The van der Waals surface area contributed by atoms with E-state index in [-0.39, 0.29) is 18.7 Å². The zero-order chi connectivity index (χ0) is 16.4. The summed E-state index contributed by atoms with van der Waals surface area (Å²) in [5.74, 6) is 1.10. The predicted octanol–water partition coefficient (Wildman–Crippen LogP) is 1.12. The van der Waals surface area contributed by atoms with Crippen LogP contribution in [-0.4, -0.2) is 50.4 Å². The topological polar surface area (TPSA) is 88.1 Å². The zero-order valence-electron chi connectivity index (χ0n) is 13.1. The summed E-state index contributed by atoms with van der Waals surface area (Å²) in [5, 5.41) is 0. The van der Waals surface area contributed by atoms with E-state index in [0.717, 1.165) is 49.6 Å².